The van der Waals surface area contributed by atoms with E-state index in [2.05, 4.69) is 34.6 Å². The Labute approximate surface area is 355 Å². The number of hydrogen-bond donors (Lipinski definition) is 0. The monoisotopic (exact) mass is 807 g/mol. The Morgan fingerprint density at radius 1 is 0.333 bits per heavy atom. The third-order valence-corrected chi connectivity index (χ3v) is 11.5. The summed E-state index contributed by atoms with van der Waals surface area (Å²) in [5.41, 5.74) is 0. The van der Waals surface area contributed by atoms with Crippen LogP contribution in [0, 0.1) is 11.8 Å². The molecular weight excluding hydrogens is 709 g/mol. The molecule has 0 aliphatic heterocycles. The lowest BCUT2D eigenvalue weighted by atomic mass is 10.0. The van der Waals surface area contributed by atoms with Gasteiger partial charge in [0.2, 0.25) is 0 Å². The van der Waals surface area contributed by atoms with Gasteiger partial charge in [-0.15, -0.1) is 0 Å². The van der Waals surface area contributed by atoms with E-state index in [1.165, 1.54) is 167 Å². The highest BCUT2D eigenvalue weighted by Gasteiger charge is 2.19. The van der Waals surface area contributed by atoms with E-state index in [0.29, 0.717) is 19.3 Å². The summed E-state index contributed by atoms with van der Waals surface area (Å²) >= 11 is 0. The van der Waals surface area contributed by atoms with Crippen LogP contribution >= 0.6 is 0 Å². The quantitative estimate of drug-likeness (QED) is 0.0346. The number of ether oxygens (including phenoxy) is 3. The average Bonchev–Trinajstić information content (AvgIpc) is 3.18. The summed E-state index contributed by atoms with van der Waals surface area (Å²) in [5, 5.41) is 0. The molecule has 57 heavy (non-hydrogen) atoms. The topological polar surface area (TPSA) is 78.9 Å². The summed E-state index contributed by atoms with van der Waals surface area (Å²) in [6.45, 7) is 11.3. The normalized spacial score (nSPS) is 12.1. The van der Waals surface area contributed by atoms with Crippen LogP contribution in [0.5, 0.6) is 0 Å². The van der Waals surface area contributed by atoms with Crippen molar-refractivity contribution >= 4 is 17.9 Å². The standard InChI is InChI=1S/C51H98O6/c1-6-7-8-9-10-19-26-31-36-41-49(52)55-44-48(45-56-50(53)42-37-32-27-22-18-17-21-25-30-35-40-47(4)5)57-51(54)43-38-33-28-23-16-14-12-11-13-15-20-24-29-34-39-46(2)3/h46-48H,6-45H2,1-5H3/t48-/m0/s1. The van der Waals surface area contributed by atoms with Gasteiger partial charge in [-0.05, 0) is 31.1 Å². The second-order valence-electron chi connectivity index (χ2n) is 18.4. The summed E-state index contributed by atoms with van der Waals surface area (Å²) in [5.74, 6) is 0.810. The van der Waals surface area contributed by atoms with Crippen LogP contribution in [0.2, 0.25) is 0 Å². The molecule has 0 aliphatic carbocycles. The van der Waals surface area contributed by atoms with Gasteiger partial charge in [0.25, 0.3) is 0 Å². The molecule has 1 atom stereocenters. The van der Waals surface area contributed by atoms with E-state index < -0.39 is 6.10 Å². The number of rotatable bonds is 45. The zero-order valence-electron chi connectivity index (χ0n) is 39.0. The van der Waals surface area contributed by atoms with Crippen LogP contribution in [-0.2, 0) is 28.6 Å². The van der Waals surface area contributed by atoms with Gasteiger partial charge in [-0.1, -0.05) is 240 Å². The first-order chi connectivity index (χ1) is 27.7. The molecule has 6 nitrogen and oxygen atoms in total. The largest absolute Gasteiger partial charge is 0.462 e. The van der Waals surface area contributed by atoms with Crippen molar-refractivity contribution in [1.29, 1.82) is 0 Å². The predicted octanol–water partition coefficient (Wildman–Crippen LogP) is 16.1. The van der Waals surface area contributed by atoms with Crippen molar-refractivity contribution in [1.82, 2.24) is 0 Å². The molecule has 0 radical (unpaired) electrons. The van der Waals surface area contributed by atoms with Gasteiger partial charge < -0.3 is 14.2 Å². The Hall–Kier alpha value is -1.59. The van der Waals surface area contributed by atoms with Crippen molar-refractivity contribution in [3.05, 3.63) is 0 Å². The van der Waals surface area contributed by atoms with Crippen LogP contribution in [0.25, 0.3) is 0 Å². The van der Waals surface area contributed by atoms with E-state index in [1.807, 2.05) is 0 Å². The fourth-order valence-electron chi connectivity index (χ4n) is 7.64. The van der Waals surface area contributed by atoms with Crippen molar-refractivity contribution in [2.75, 3.05) is 13.2 Å². The highest BCUT2D eigenvalue weighted by atomic mass is 16.6. The minimum absolute atomic E-state index is 0.0641. The van der Waals surface area contributed by atoms with E-state index in [9.17, 15) is 14.4 Å². The van der Waals surface area contributed by atoms with Crippen molar-refractivity contribution < 1.29 is 28.6 Å². The zero-order chi connectivity index (χ0) is 41.9. The fourth-order valence-corrected chi connectivity index (χ4v) is 7.64. The van der Waals surface area contributed by atoms with E-state index in [4.69, 9.17) is 14.2 Å². The smallest absolute Gasteiger partial charge is 0.306 e. The third kappa shape index (κ3) is 45.3. The fraction of sp³-hybridized carbons (Fsp3) is 0.941. The van der Waals surface area contributed by atoms with Gasteiger partial charge in [-0.3, -0.25) is 14.4 Å². The van der Waals surface area contributed by atoms with E-state index >= 15 is 0 Å². The molecular formula is C51H98O6. The number of unbranched alkanes of at least 4 members (excludes halogenated alkanes) is 30. The van der Waals surface area contributed by atoms with Gasteiger partial charge >= 0.3 is 17.9 Å². The lowest BCUT2D eigenvalue weighted by Gasteiger charge is -2.18. The summed E-state index contributed by atoms with van der Waals surface area (Å²) in [7, 11) is 0. The second kappa shape index (κ2) is 44.0. The predicted molar refractivity (Wildman–Crippen MR) is 243 cm³/mol. The van der Waals surface area contributed by atoms with Crippen LogP contribution in [0.15, 0.2) is 0 Å². The highest BCUT2D eigenvalue weighted by molar-refractivity contribution is 5.71. The zero-order valence-corrected chi connectivity index (χ0v) is 39.0. The van der Waals surface area contributed by atoms with Gasteiger partial charge in [0.05, 0.1) is 0 Å². The number of carbonyl (C=O) groups excluding carboxylic acids is 3. The van der Waals surface area contributed by atoms with Crippen molar-refractivity contribution in [3.63, 3.8) is 0 Å². The molecule has 0 unspecified atom stereocenters. The molecule has 0 spiro atoms. The van der Waals surface area contributed by atoms with Crippen LogP contribution in [0.3, 0.4) is 0 Å². The number of hydrogen-bond acceptors (Lipinski definition) is 6. The van der Waals surface area contributed by atoms with E-state index in [1.54, 1.807) is 0 Å². The molecule has 0 saturated carbocycles. The third-order valence-electron chi connectivity index (χ3n) is 11.5. The Balaban J connectivity index is 4.27. The molecule has 0 N–H and O–H groups in total. The lowest BCUT2D eigenvalue weighted by Crippen LogP contribution is -2.30. The van der Waals surface area contributed by atoms with E-state index in [-0.39, 0.29) is 31.1 Å². The maximum absolute atomic E-state index is 12.8. The van der Waals surface area contributed by atoms with Crippen LogP contribution in [0.4, 0.5) is 0 Å². The molecule has 0 saturated heterocycles. The molecule has 0 bridgehead atoms. The Kier molecular flexibility index (Phi) is 42.7. The molecule has 0 rings (SSSR count). The minimum atomic E-state index is -0.760. The molecule has 6 heteroatoms. The lowest BCUT2D eigenvalue weighted by molar-refractivity contribution is -0.167. The first-order valence-electron chi connectivity index (χ1n) is 25.2. The maximum atomic E-state index is 12.8. The first-order valence-corrected chi connectivity index (χ1v) is 25.2. The SMILES string of the molecule is CCCCCCCCCCCC(=O)OC[C@@H](COC(=O)CCCCCCCCCCCCC(C)C)OC(=O)CCCCCCCCCCCCCCCCC(C)C. The summed E-state index contributed by atoms with van der Waals surface area (Å²) in [6, 6.07) is 0. The van der Waals surface area contributed by atoms with Crippen LogP contribution < -0.4 is 0 Å². The highest BCUT2D eigenvalue weighted by Crippen LogP contribution is 2.17. The average molecular weight is 807 g/mol. The molecule has 0 amide bonds. The molecule has 0 aliphatic rings. The Bertz CT molecular complexity index is 870. The molecule has 0 aromatic carbocycles. The van der Waals surface area contributed by atoms with Gasteiger partial charge in [0, 0.05) is 19.3 Å². The van der Waals surface area contributed by atoms with Crippen molar-refractivity contribution in [2.45, 2.75) is 285 Å². The second-order valence-corrected chi connectivity index (χ2v) is 18.4. The van der Waals surface area contributed by atoms with E-state index in [0.717, 1.165) is 69.6 Å². The molecule has 0 fully saturated rings. The van der Waals surface area contributed by atoms with Crippen LogP contribution in [0.1, 0.15) is 279 Å². The molecule has 0 aromatic rings. The number of esters is 3. The first kappa shape index (κ1) is 55.4. The Morgan fingerprint density at radius 3 is 0.860 bits per heavy atom. The maximum Gasteiger partial charge on any atom is 0.306 e. The van der Waals surface area contributed by atoms with Gasteiger partial charge in [-0.25, -0.2) is 0 Å². The summed E-state index contributed by atoms with van der Waals surface area (Å²) in [6.07, 6.45) is 43.8. The van der Waals surface area contributed by atoms with Gasteiger partial charge in [0.1, 0.15) is 13.2 Å². The minimum Gasteiger partial charge on any atom is -0.462 e. The van der Waals surface area contributed by atoms with Crippen molar-refractivity contribution in [3.8, 4) is 0 Å². The summed E-state index contributed by atoms with van der Waals surface area (Å²) in [4.78, 5) is 37.8. The van der Waals surface area contributed by atoms with Gasteiger partial charge in [0.15, 0.2) is 6.10 Å². The molecule has 0 heterocycles. The Morgan fingerprint density at radius 2 is 0.579 bits per heavy atom. The van der Waals surface area contributed by atoms with Gasteiger partial charge in [-0.2, -0.15) is 0 Å². The molecule has 0 aromatic heterocycles. The number of carbonyl (C=O) groups is 3. The van der Waals surface area contributed by atoms with Crippen LogP contribution in [-0.4, -0.2) is 37.2 Å². The summed E-state index contributed by atoms with van der Waals surface area (Å²) < 4.78 is 16.8. The molecule has 338 valence electrons. The van der Waals surface area contributed by atoms with Crippen molar-refractivity contribution in [2.24, 2.45) is 11.8 Å².